The summed E-state index contributed by atoms with van der Waals surface area (Å²) in [5.41, 5.74) is 0. The number of phosphoric acid groups is 1. The van der Waals surface area contributed by atoms with Gasteiger partial charge in [-0.05, 0) is 83.5 Å². The molecule has 0 aliphatic heterocycles. The number of ether oxygens (including phenoxy) is 3. The van der Waals surface area contributed by atoms with E-state index in [1.54, 1.807) is 0 Å². The van der Waals surface area contributed by atoms with Gasteiger partial charge in [0.1, 0.15) is 12.7 Å². The minimum absolute atomic E-state index is 0.160. The molecule has 0 aliphatic rings. The number of rotatable bonds is 57. The fraction of sp³-hybridized carbons (Fsp3) is 0.823. The zero-order valence-corrected chi connectivity index (χ0v) is 48.7. The number of allylic oxidation sites excluding steroid dienone is 8. The van der Waals surface area contributed by atoms with Crippen LogP contribution in [0.15, 0.2) is 48.6 Å². The smallest absolute Gasteiger partial charge is 0.462 e. The minimum Gasteiger partial charge on any atom is -0.462 e. The van der Waals surface area contributed by atoms with Crippen molar-refractivity contribution in [3.63, 3.8) is 0 Å². The third kappa shape index (κ3) is 54.2. The van der Waals surface area contributed by atoms with E-state index in [1.165, 1.54) is 128 Å². The van der Waals surface area contributed by atoms with Crippen molar-refractivity contribution in [1.82, 2.24) is 0 Å². The monoisotopic (exact) mass is 1060 g/mol. The van der Waals surface area contributed by atoms with E-state index < -0.39 is 57.8 Å². The van der Waals surface area contributed by atoms with Crippen LogP contribution in [0.5, 0.6) is 0 Å². The summed E-state index contributed by atoms with van der Waals surface area (Å²) in [6.07, 6.45) is 60.5. The molecule has 0 aromatic rings. The second-order valence-corrected chi connectivity index (χ2v) is 22.0. The van der Waals surface area contributed by atoms with Crippen LogP contribution in [0.4, 0.5) is 0 Å². The molecule has 0 radical (unpaired) electrons. The first kappa shape index (κ1) is 71.4. The fourth-order valence-electron chi connectivity index (χ4n) is 8.54. The lowest BCUT2D eigenvalue weighted by atomic mass is 10.0. The highest BCUT2D eigenvalue weighted by molar-refractivity contribution is 7.47. The van der Waals surface area contributed by atoms with Crippen molar-refractivity contribution in [1.29, 1.82) is 0 Å². The minimum atomic E-state index is -4.75. The topological polar surface area (TPSA) is 155 Å². The van der Waals surface area contributed by atoms with Crippen LogP contribution in [0.2, 0.25) is 0 Å². The van der Waals surface area contributed by atoms with Gasteiger partial charge in [-0.3, -0.25) is 23.4 Å². The highest BCUT2D eigenvalue weighted by atomic mass is 31.2. The van der Waals surface area contributed by atoms with Crippen LogP contribution in [0, 0.1) is 0 Å². The van der Waals surface area contributed by atoms with Crippen LogP contribution in [0.25, 0.3) is 0 Å². The van der Waals surface area contributed by atoms with Gasteiger partial charge < -0.3 is 24.2 Å². The van der Waals surface area contributed by atoms with Gasteiger partial charge in [0.25, 0.3) is 0 Å². The summed E-state index contributed by atoms with van der Waals surface area (Å²) in [5.74, 6) is -1.47. The number of aliphatic hydroxyl groups excluding tert-OH is 1. The van der Waals surface area contributed by atoms with Crippen LogP contribution in [-0.2, 0) is 42.2 Å². The van der Waals surface area contributed by atoms with Crippen molar-refractivity contribution in [2.24, 2.45) is 0 Å². The van der Waals surface area contributed by atoms with E-state index in [0.29, 0.717) is 19.3 Å². The molecular weight excluding hydrogens is 952 g/mol. The van der Waals surface area contributed by atoms with Gasteiger partial charge >= 0.3 is 25.7 Å². The van der Waals surface area contributed by atoms with Crippen LogP contribution < -0.4 is 0 Å². The first-order valence-electron chi connectivity index (χ1n) is 30.5. The van der Waals surface area contributed by atoms with Gasteiger partial charge in [0, 0.05) is 19.3 Å². The van der Waals surface area contributed by atoms with Crippen molar-refractivity contribution in [3.8, 4) is 0 Å². The van der Waals surface area contributed by atoms with Crippen molar-refractivity contribution in [3.05, 3.63) is 48.6 Å². The van der Waals surface area contributed by atoms with E-state index in [4.69, 9.17) is 23.3 Å². The molecule has 0 rings (SSSR count). The highest BCUT2D eigenvalue weighted by Crippen LogP contribution is 2.43. The molecule has 0 bridgehead atoms. The number of hydrogen-bond acceptors (Lipinski definition) is 10. The summed E-state index contributed by atoms with van der Waals surface area (Å²) in [6, 6.07) is 0. The number of hydrogen-bond donors (Lipinski definition) is 2. The van der Waals surface area contributed by atoms with Gasteiger partial charge in [-0.15, -0.1) is 0 Å². The van der Waals surface area contributed by atoms with Gasteiger partial charge in [0.2, 0.25) is 0 Å². The van der Waals surface area contributed by atoms with Gasteiger partial charge in [-0.1, -0.05) is 236 Å². The first-order valence-corrected chi connectivity index (χ1v) is 32.0. The first-order chi connectivity index (χ1) is 36.2. The lowest BCUT2D eigenvalue weighted by Crippen LogP contribution is -2.30. The van der Waals surface area contributed by atoms with E-state index in [2.05, 4.69) is 69.4 Å². The summed E-state index contributed by atoms with van der Waals surface area (Å²) in [5, 5.41) is 9.82. The molecule has 0 aromatic heterocycles. The number of carbonyl (C=O) groups is 3. The Morgan fingerprint density at radius 2 is 0.662 bits per heavy atom. The number of unbranched alkanes of at least 4 members (excludes halogenated alkanes) is 32. The normalized spacial score (nSPS) is 13.6. The maximum absolute atomic E-state index is 12.9. The Kier molecular flexibility index (Phi) is 54.7. The van der Waals surface area contributed by atoms with Crippen molar-refractivity contribution < 1.29 is 52.2 Å². The number of carbonyl (C=O) groups excluding carboxylic acids is 3. The maximum Gasteiger partial charge on any atom is 0.472 e. The predicted molar refractivity (Wildman–Crippen MR) is 307 cm³/mol. The molecule has 11 nitrogen and oxygen atoms in total. The van der Waals surface area contributed by atoms with Crippen LogP contribution in [-0.4, -0.2) is 66.5 Å². The molecule has 0 amide bonds. The summed E-state index contributed by atoms with van der Waals surface area (Å²) in [6.45, 7) is 4.61. The molecule has 0 fully saturated rings. The standard InChI is InChI=1S/C62H113O11P/c1-4-7-10-13-16-19-22-25-28-29-32-35-38-41-44-47-50-53-62(66)73-59(55-69-60(64)51-48-45-42-39-36-33-30-26-23-20-17-14-11-8-5-2)57-71-74(67,68)70-56-58(54-63)72-61(65)52-49-46-43-40-37-34-31-27-24-21-18-15-12-9-6-3/h16,18-19,21,25,27-28,31,58-59,63H,4-15,17,20,22-24,26,29-30,32-57H2,1-3H3,(H,67,68)/b19-16-,21-18-,28-25-,31-27-. The zero-order chi connectivity index (χ0) is 54.1. The summed E-state index contributed by atoms with van der Waals surface area (Å²) < 4.78 is 39.6. The Bertz CT molecular complexity index is 1430. The Labute approximate surface area is 453 Å². The molecule has 0 aromatic carbocycles. The fourth-order valence-corrected chi connectivity index (χ4v) is 9.32. The largest absolute Gasteiger partial charge is 0.472 e. The molecule has 3 unspecified atom stereocenters. The zero-order valence-electron chi connectivity index (χ0n) is 47.8. The second kappa shape index (κ2) is 56.6. The summed E-state index contributed by atoms with van der Waals surface area (Å²) in [7, 11) is -4.75. The van der Waals surface area contributed by atoms with Crippen LogP contribution >= 0.6 is 7.82 Å². The van der Waals surface area contributed by atoms with Gasteiger partial charge in [-0.25, -0.2) is 4.57 Å². The Morgan fingerprint density at radius 3 is 1.03 bits per heavy atom. The van der Waals surface area contributed by atoms with Gasteiger partial charge in [-0.2, -0.15) is 0 Å². The third-order valence-electron chi connectivity index (χ3n) is 13.2. The molecule has 0 saturated heterocycles. The lowest BCUT2D eigenvalue weighted by Gasteiger charge is -2.21. The molecule has 0 heterocycles. The molecule has 74 heavy (non-hydrogen) atoms. The SMILES string of the molecule is CCCCC/C=C\C/C=C\CCCCCCCCCC(=O)OC(COC(=O)CCCCCCCCCCCCCCCCC)COP(=O)(O)OCC(CO)OC(=O)CCCCCCC/C=C\C/C=C\CCCCC. The molecule has 2 N–H and O–H groups in total. The van der Waals surface area contributed by atoms with E-state index in [-0.39, 0.29) is 25.9 Å². The molecular formula is C62H113O11P. The summed E-state index contributed by atoms with van der Waals surface area (Å²) in [4.78, 5) is 48.6. The van der Waals surface area contributed by atoms with Crippen molar-refractivity contribution in [2.75, 3.05) is 26.4 Å². The van der Waals surface area contributed by atoms with E-state index >= 15 is 0 Å². The van der Waals surface area contributed by atoms with Crippen LogP contribution in [0.1, 0.15) is 290 Å². The van der Waals surface area contributed by atoms with Gasteiger partial charge in [0.05, 0.1) is 19.8 Å². The lowest BCUT2D eigenvalue weighted by molar-refractivity contribution is -0.161. The van der Waals surface area contributed by atoms with Crippen LogP contribution in [0.3, 0.4) is 0 Å². The van der Waals surface area contributed by atoms with Crippen molar-refractivity contribution in [2.45, 2.75) is 303 Å². The number of phosphoric ester groups is 1. The molecule has 0 spiro atoms. The number of aliphatic hydroxyl groups is 1. The molecule has 432 valence electrons. The van der Waals surface area contributed by atoms with Crippen molar-refractivity contribution >= 4 is 25.7 Å². The van der Waals surface area contributed by atoms with Gasteiger partial charge in [0.15, 0.2) is 6.10 Å². The average Bonchev–Trinajstić information content (AvgIpc) is 3.39. The number of esters is 3. The predicted octanol–water partition coefficient (Wildman–Crippen LogP) is 18.1. The van der Waals surface area contributed by atoms with E-state index in [0.717, 1.165) is 103 Å². The quantitative estimate of drug-likeness (QED) is 0.0197. The molecule has 3 atom stereocenters. The van der Waals surface area contributed by atoms with E-state index in [9.17, 15) is 28.9 Å². The Morgan fingerprint density at radius 1 is 0.378 bits per heavy atom. The molecule has 12 heteroatoms. The second-order valence-electron chi connectivity index (χ2n) is 20.5. The van der Waals surface area contributed by atoms with E-state index in [1.807, 2.05) is 0 Å². The Balaban J connectivity index is 4.71. The average molecular weight is 1070 g/mol. The molecule has 0 aliphatic carbocycles. The Hall–Kier alpha value is -2.56. The maximum atomic E-state index is 12.9. The summed E-state index contributed by atoms with van der Waals surface area (Å²) >= 11 is 0. The third-order valence-corrected chi connectivity index (χ3v) is 14.2. The molecule has 0 saturated carbocycles. The highest BCUT2D eigenvalue weighted by Gasteiger charge is 2.28.